The summed E-state index contributed by atoms with van der Waals surface area (Å²) in [6, 6.07) is 19.0. The summed E-state index contributed by atoms with van der Waals surface area (Å²) in [5, 5.41) is 0. The van der Waals surface area contributed by atoms with Gasteiger partial charge in [-0.15, -0.1) is 0 Å². The average molecular weight is 408 g/mol. The smallest absolute Gasteiger partial charge is 0.332 e. The van der Waals surface area contributed by atoms with Gasteiger partial charge < -0.3 is 4.74 Å². The second-order valence-electron chi connectivity index (χ2n) is 9.28. The zero-order valence-corrected chi connectivity index (χ0v) is 17.7. The van der Waals surface area contributed by atoms with Crippen LogP contribution in [0, 0.1) is 11.8 Å². The molecule has 3 heterocycles. The summed E-state index contributed by atoms with van der Waals surface area (Å²) in [7, 11) is 0. The molecule has 2 fully saturated rings. The Bertz CT molecular complexity index is 1180. The molecule has 3 nitrogen and oxygen atoms in total. The fourth-order valence-corrected chi connectivity index (χ4v) is 6.13. The van der Waals surface area contributed by atoms with E-state index in [-0.39, 0.29) is 17.6 Å². The van der Waals surface area contributed by atoms with Gasteiger partial charge in [-0.3, -0.25) is 4.90 Å². The standard InChI is InChI=1S/C28H25NO2/c1-27-15-5-6-16-29(27)24-17-23(25-18-26(30)31-28(25,27)19-24)14-11-20-9-12-22(13-10-20)21-7-3-2-4-8-21/h2-4,7-10,12-13,17-18,24H,5-6,15-16,19H2,1H3/t24-,27-,28+/m1/s1. The lowest BCUT2D eigenvalue weighted by molar-refractivity contribution is -0.154. The minimum absolute atomic E-state index is 0.134. The maximum atomic E-state index is 12.4. The highest BCUT2D eigenvalue weighted by Gasteiger charge is 2.68. The molecule has 6 rings (SSSR count). The van der Waals surface area contributed by atoms with Crippen LogP contribution in [0.1, 0.15) is 38.2 Å². The summed E-state index contributed by atoms with van der Waals surface area (Å²) < 4.78 is 6.08. The molecule has 3 aliphatic heterocycles. The number of piperidine rings is 1. The van der Waals surface area contributed by atoms with Gasteiger partial charge in [-0.25, -0.2) is 4.79 Å². The Hall–Kier alpha value is -3.09. The summed E-state index contributed by atoms with van der Waals surface area (Å²) in [6.45, 7) is 3.34. The molecule has 2 saturated heterocycles. The largest absolute Gasteiger partial charge is 0.449 e. The molecule has 0 N–H and O–H groups in total. The number of ether oxygens (including phenoxy) is 1. The molecule has 154 valence electrons. The highest BCUT2D eigenvalue weighted by molar-refractivity contribution is 5.90. The van der Waals surface area contributed by atoms with Crippen LogP contribution in [0.15, 0.2) is 77.9 Å². The third-order valence-electron chi connectivity index (χ3n) is 7.67. The van der Waals surface area contributed by atoms with Crippen molar-refractivity contribution in [1.29, 1.82) is 0 Å². The van der Waals surface area contributed by atoms with Gasteiger partial charge in [0.15, 0.2) is 5.60 Å². The van der Waals surface area contributed by atoms with E-state index in [0.717, 1.165) is 36.1 Å². The van der Waals surface area contributed by atoms with Crippen LogP contribution in [-0.4, -0.2) is 34.6 Å². The first-order chi connectivity index (χ1) is 15.1. The van der Waals surface area contributed by atoms with Gasteiger partial charge in [0, 0.05) is 35.2 Å². The SMILES string of the molecule is C[C@]12CCCCN1[C@@H]1C=C(C#Cc3ccc(-c4ccccc4)cc3)C3=CC(=O)O[C@@]32C1. The fraction of sp³-hybridized carbons (Fsp3) is 0.321. The van der Waals surface area contributed by atoms with E-state index < -0.39 is 5.60 Å². The lowest BCUT2D eigenvalue weighted by Crippen LogP contribution is -2.58. The molecule has 0 amide bonds. The molecule has 31 heavy (non-hydrogen) atoms. The van der Waals surface area contributed by atoms with Gasteiger partial charge in [0.25, 0.3) is 0 Å². The minimum atomic E-state index is -0.537. The lowest BCUT2D eigenvalue weighted by atomic mass is 9.69. The molecule has 3 heteroatoms. The normalized spacial score (nSPS) is 31.0. The van der Waals surface area contributed by atoms with Gasteiger partial charge >= 0.3 is 5.97 Å². The maximum Gasteiger partial charge on any atom is 0.332 e. The van der Waals surface area contributed by atoms with E-state index in [1.165, 1.54) is 24.0 Å². The van der Waals surface area contributed by atoms with Crippen molar-refractivity contribution in [3.05, 3.63) is 83.5 Å². The van der Waals surface area contributed by atoms with Crippen molar-refractivity contribution in [2.24, 2.45) is 0 Å². The molecule has 0 radical (unpaired) electrons. The number of fused-ring (bicyclic) bond motifs is 3. The van der Waals surface area contributed by atoms with Crippen molar-refractivity contribution in [3.63, 3.8) is 0 Å². The van der Waals surface area contributed by atoms with Crippen LogP contribution in [0.25, 0.3) is 11.1 Å². The molecular weight excluding hydrogens is 382 g/mol. The number of esters is 1. The number of benzene rings is 2. The Morgan fingerprint density at radius 2 is 1.77 bits per heavy atom. The summed E-state index contributed by atoms with van der Waals surface area (Å²) >= 11 is 0. The van der Waals surface area contributed by atoms with Gasteiger partial charge in [0.05, 0.1) is 5.54 Å². The van der Waals surface area contributed by atoms with Crippen LogP contribution in [0.3, 0.4) is 0 Å². The first kappa shape index (κ1) is 18.7. The van der Waals surface area contributed by atoms with Crippen LogP contribution in [0.5, 0.6) is 0 Å². The first-order valence-corrected chi connectivity index (χ1v) is 11.2. The van der Waals surface area contributed by atoms with Crippen LogP contribution in [-0.2, 0) is 9.53 Å². The molecule has 3 atom stereocenters. The predicted octanol–water partition coefficient (Wildman–Crippen LogP) is 4.88. The van der Waals surface area contributed by atoms with Crippen LogP contribution >= 0.6 is 0 Å². The van der Waals surface area contributed by atoms with E-state index in [0.29, 0.717) is 0 Å². The third kappa shape index (κ3) is 2.68. The molecule has 2 aromatic carbocycles. The number of rotatable bonds is 1. The number of carbonyl (C=O) groups excluding carboxylic acids is 1. The van der Waals surface area contributed by atoms with Crippen molar-refractivity contribution in [2.75, 3.05) is 6.54 Å². The Balaban J connectivity index is 1.35. The lowest BCUT2D eigenvalue weighted by Gasteiger charge is -2.47. The quantitative estimate of drug-likeness (QED) is 0.498. The molecule has 1 spiro atoms. The zero-order chi connectivity index (χ0) is 21.1. The molecule has 1 aliphatic carbocycles. The molecule has 2 aromatic rings. The average Bonchev–Trinajstić information content (AvgIpc) is 3.25. The van der Waals surface area contributed by atoms with E-state index in [4.69, 9.17) is 4.74 Å². The van der Waals surface area contributed by atoms with Crippen molar-refractivity contribution in [2.45, 2.75) is 49.8 Å². The van der Waals surface area contributed by atoms with Crippen molar-refractivity contribution >= 4 is 5.97 Å². The minimum Gasteiger partial charge on any atom is -0.449 e. The highest BCUT2D eigenvalue weighted by Crippen LogP contribution is 2.59. The molecular formula is C28H25NO2. The van der Waals surface area contributed by atoms with Gasteiger partial charge in [-0.05, 0) is 49.6 Å². The summed E-state index contributed by atoms with van der Waals surface area (Å²) in [4.78, 5) is 15.0. The van der Waals surface area contributed by atoms with Crippen molar-refractivity contribution < 1.29 is 9.53 Å². The van der Waals surface area contributed by atoms with Crippen molar-refractivity contribution in [3.8, 4) is 23.0 Å². The summed E-state index contributed by atoms with van der Waals surface area (Å²) in [6.07, 6.45) is 8.27. The molecule has 4 aliphatic rings. The van der Waals surface area contributed by atoms with E-state index in [1.807, 2.05) is 6.07 Å². The number of hydrogen-bond donors (Lipinski definition) is 0. The van der Waals surface area contributed by atoms with Gasteiger partial charge in [-0.1, -0.05) is 66.8 Å². The Morgan fingerprint density at radius 1 is 1.00 bits per heavy atom. The first-order valence-electron chi connectivity index (χ1n) is 11.2. The Labute approximate surface area is 183 Å². The maximum absolute atomic E-state index is 12.4. The van der Waals surface area contributed by atoms with Crippen LogP contribution < -0.4 is 0 Å². The van der Waals surface area contributed by atoms with Gasteiger partial charge in [0.2, 0.25) is 0 Å². The van der Waals surface area contributed by atoms with Gasteiger partial charge in [-0.2, -0.15) is 0 Å². The molecule has 0 saturated carbocycles. The number of carbonyl (C=O) groups is 1. The number of hydrogen-bond acceptors (Lipinski definition) is 3. The van der Waals surface area contributed by atoms with Crippen molar-refractivity contribution in [1.82, 2.24) is 4.90 Å². The van der Waals surface area contributed by atoms with E-state index >= 15 is 0 Å². The van der Waals surface area contributed by atoms with E-state index in [2.05, 4.69) is 78.3 Å². The second-order valence-corrected chi connectivity index (χ2v) is 9.28. The fourth-order valence-electron chi connectivity index (χ4n) is 6.13. The van der Waals surface area contributed by atoms with E-state index in [9.17, 15) is 4.79 Å². The molecule has 0 aromatic heterocycles. The Morgan fingerprint density at radius 3 is 2.58 bits per heavy atom. The zero-order valence-electron chi connectivity index (χ0n) is 17.7. The molecule has 2 bridgehead atoms. The predicted molar refractivity (Wildman–Crippen MR) is 121 cm³/mol. The molecule has 0 unspecified atom stereocenters. The van der Waals surface area contributed by atoms with E-state index in [1.54, 1.807) is 6.08 Å². The second kappa shape index (κ2) is 6.70. The van der Waals surface area contributed by atoms with Crippen LogP contribution in [0.4, 0.5) is 0 Å². The number of nitrogens with zero attached hydrogens (tertiary/aromatic N) is 1. The summed E-state index contributed by atoms with van der Waals surface area (Å²) in [5.41, 5.74) is 4.65. The topological polar surface area (TPSA) is 29.5 Å². The monoisotopic (exact) mass is 407 g/mol. The summed E-state index contributed by atoms with van der Waals surface area (Å²) in [5.74, 6) is 6.51. The third-order valence-corrected chi connectivity index (χ3v) is 7.67. The van der Waals surface area contributed by atoms with Gasteiger partial charge in [0.1, 0.15) is 0 Å². The highest BCUT2D eigenvalue weighted by atomic mass is 16.6. The Kier molecular flexibility index (Phi) is 4.04. The van der Waals surface area contributed by atoms with Crippen LogP contribution in [0.2, 0.25) is 0 Å².